The molecule has 0 aromatic heterocycles. The van der Waals surface area contributed by atoms with Crippen molar-refractivity contribution in [3.8, 4) is 0 Å². The molecule has 0 aliphatic rings. The number of methoxy groups -OCH3 is 1. The lowest BCUT2D eigenvalue weighted by Crippen LogP contribution is -2.38. The number of benzene rings is 2. The van der Waals surface area contributed by atoms with Gasteiger partial charge in [-0.25, -0.2) is 4.39 Å². The van der Waals surface area contributed by atoms with Crippen LogP contribution in [0.25, 0.3) is 0 Å². The minimum absolute atomic E-state index is 0. The van der Waals surface area contributed by atoms with Crippen LogP contribution in [0.2, 0.25) is 0 Å². The van der Waals surface area contributed by atoms with E-state index in [0.717, 1.165) is 17.7 Å². The number of hydrogen-bond acceptors (Lipinski definition) is 3. The molecule has 0 saturated carbocycles. The Hall–Kier alpha value is -1.71. The second kappa shape index (κ2) is 13.5. The van der Waals surface area contributed by atoms with Crippen LogP contribution in [0.5, 0.6) is 0 Å². The summed E-state index contributed by atoms with van der Waals surface area (Å²) in [7, 11) is 1.61. The van der Waals surface area contributed by atoms with E-state index in [-0.39, 0.29) is 35.9 Å². The number of halogens is 2. The number of aliphatic hydroxyl groups excluding tert-OH is 1. The normalized spacial score (nSPS) is 13.4. The van der Waals surface area contributed by atoms with Crippen LogP contribution in [-0.2, 0) is 4.74 Å². The highest BCUT2D eigenvalue weighted by atomic mass is 127. The molecule has 0 spiro atoms. The van der Waals surface area contributed by atoms with Crippen molar-refractivity contribution in [1.29, 1.82) is 0 Å². The summed E-state index contributed by atoms with van der Waals surface area (Å²) in [4.78, 5) is 4.55. The average molecular weight is 501 g/mol. The summed E-state index contributed by atoms with van der Waals surface area (Å²) in [5, 5.41) is 16.6. The van der Waals surface area contributed by atoms with Gasteiger partial charge >= 0.3 is 0 Å². The zero-order chi connectivity index (χ0) is 19.5. The van der Waals surface area contributed by atoms with E-state index in [9.17, 15) is 9.50 Å². The molecule has 3 N–H and O–H groups in total. The Morgan fingerprint density at radius 3 is 2.36 bits per heavy atom. The fourth-order valence-corrected chi connectivity index (χ4v) is 2.68. The van der Waals surface area contributed by atoms with Gasteiger partial charge in [0.2, 0.25) is 0 Å². The van der Waals surface area contributed by atoms with Gasteiger partial charge in [0.15, 0.2) is 5.96 Å². The van der Waals surface area contributed by atoms with Crippen molar-refractivity contribution in [1.82, 2.24) is 10.6 Å². The molecule has 2 rings (SSSR count). The van der Waals surface area contributed by atoms with Crippen LogP contribution in [0.15, 0.2) is 59.6 Å². The lowest BCUT2D eigenvalue weighted by molar-refractivity contribution is 0.111. The molecule has 7 heteroatoms. The molecule has 154 valence electrons. The number of hydrogen-bond donors (Lipinski definition) is 3. The minimum atomic E-state index is -0.521. The van der Waals surface area contributed by atoms with Crippen molar-refractivity contribution in [2.24, 2.45) is 4.99 Å². The third-order valence-corrected chi connectivity index (χ3v) is 4.18. The summed E-state index contributed by atoms with van der Waals surface area (Å²) in [6.45, 7) is 3.69. The van der Waals surface area contributed by atoms with Gasteiger partial charge in [0, 0.05) is 20.2 Å². The maximum Gasteiger partial charge on any atom is 0.191 e. The van der Waals surface area contributed by atoms with Crippen LogP contribution in [-0.4, -0.2) is 37.8 Å². The van der Waals surface area contributed by atoms with Gasteiger partial charge in [0.25, 0.3) is 0 Å². The van der Waals surface area contributed by atoms with Crippen molar-refractivity contribution in [2.45, 2.75) is 25.6 Å². The number of aliphatic hydroxyl groups is 1. The number of aliphatic imine (C=N–C) groups is 1. The first-order chi connectivity index (χ1) is 13.1. The fraction of sp³-hybridized carbons (Fsp3) is 0.381. The molecule has 0 amide bonds. The number of ether oxygens (including phenoxy) is 1. The second-order valence-corrected chi connectivity index (χ2v) is 6.14. The molecule has 0 aliphatic heterocycles. The second-order valence-electron chi connectivity index (χ2n) is 6.14. The van der Waals surface area contributed by atoms with Gasteiger partial charge in [-0.15, -0.1) is 24.0 Å². The van der Waals surface area contributed by atoms with E-state index in [4.69, 9.17) is 4.74 Å². The Balaban J connectivity index is 0.00000392. The quantitative estimate of drug-likeness (QED) is 0.278. The highest BCUT2D eigenvalue weighted by Crippen LogP contribution is 2.17. The van der Waals surface area contributed by atoms with Gasteiger partial charge in [0.1, 0.15) is 11.9 Å². The molecule has 0 aliphatic carbocycles. The lowest BCUT2D eigenvalue weighted by atomic mass is 10.1. The van der Waals surface area contributed by atoms with Gasteiger partial charge in [0.05, 0.1) is 12.6 Å². The van der Waals surface area contributed by atoms with E-state index in [1.54, 1.807) is 19.2 Å². The molecule has 2 aromatic carbocycles. The van der Waals surface area contributed by atoms with Crippen LogP contribution in [0.1, 0.15) is 36.7 Å². The molecule has 0 heterocycles. The zero-order valence-corrected chi connectivity index (χ0v) is 18.6. The zero-order valence-electron chi connectivity index (χ0n) is 16.3. The van der Waals surface area contributed by atoms with E-state index in [0.29, 0.717) is 25.5 Å². The summed E-state index contributed by atoms with van der Waals surface area (Å²) >= 11 is 0. The summed E-state index contributed by atoms with van der Waals surface area (Å²) in [5.74, 6) is 0.381. The number of guanidine groups is 1. The van der Waals surface area contributed by atoms with Crippen LogP contribution in [0.4, 0.5) is 4.39 Å². The van der Waals surface area contributed by atoms with Crippen molar-refractivity contribution in [3.05, 3.63) is 71.5 Å². The van der Waals surface area contributed by atoms with Crippen molar-refractivity contribution >= 4 is 29.9 Å². The molecule has 0 radical (unpaired) electrons. The Labute approximate surface area is 183 Å². The molecule has 2 aromatic rings. The van der Waals surface area contributed by atoms with E-state index >= 15 is 0 Å². The molecular formula is C21H29FIN3O2. The highest BCUT2D eigenvalue weighted by molar-refractivity contribution is 14.0. The molecule has 2 atom stereocenters. The van der Waals surface area contributed by atoms with Crippen molar-refractivity contribution in [2.75, 3.05) is 26.7 Å². The average Bonchev–Trinajstić information content (AvgIpc) is 2.70. The largest absolute Gasteiger partial charge is 0.388 e. The molecule has 2 unspecified atom stereocenters. The van der Waals surface area contributed by atoms with Crippen LogP contribution >= 0.6 is 24.0 Å². The predicted octanol–water partition coefficient (Wildman–Crippen LogP) is 3.81. The molecule has 0 fully saturated rings. The maximum absolute atomic E-state index is 13.1. The first-order valence-corrected chi connectivity index (χ1v) is 9.17. The Kier molecular flexibility index (Phi) is 11.7. The van der Waals surface area contributed by atoms with Crippen molar-refractivity contribution < 1.29 is 14.2 Å². The monoisotopic (exact) mass is 501 g/mol. The van der Waals surface area contributed by atoms with Gasteiger partial charge in [-0.05, 0) is 36.6 Å². The van der Waals surface area contributed by atoms with E-state index in [1.165, 1.54) is 12.1 Å². The van der Waals surface area contributed by atoms with E-state index in [2.05, 4.69) is 15.6 Å². The molecular weight excluding hydrogens is 472 g/mol. The summed E-state index contributed by atoms with van der Waals surface area (Å²) in [5.41, 5.74) is 1.77. The SMILES string of the molecule is CCNC(=NCC(OC)c1ccc(F)cc1)NCCC(O)c1ccccc1.I. The Morgan fingerprint density at radius 2 is 1.75 bits per heavy atom. The minimum Gasteiger partial charge on any atom is -0.388 e. The maximum atomic E-state index is 13.1. The van der Waals surface area contributed by atoms with Crippen LogP contribution < -0.4 is 10.6 Å². The van der Waals surface area contributed by atoms with Gasteiger partial charge in [-0.2, -0.15) is 0 Å². The number of rotatable bonds is 9. The smallest absolute Gasteiger partial charge is 0.191 e. The molecule has 28 heavy (non-hydrogen) atoms. The summed E-state index contributed by atoms with van der Waals surface area (Å²) < 4.78 is 18.6. The lowest BCUT2D eigenvalue weighted by Gasteiger charge is -2.17. The molecule has 0 saturated heterocycles. The highest BCUT2D eigenvalue weighted by Gasteiger charge is 2.11. The van der Waals surface area contributed by atoms with E-state index < -0.39 is 6.10 Å². The summed E-state index contributed by atoms with van der Waals surface area (Å²) in [6, 6.07) is 15.8. The van der Waals surface area contributed by atoms with Crippen LogP contribution in [0.3, 0.4) is 0 Å². The fourth-order valence-electron chi connectivity index (χ4n) is 2.68. The Morgan fingerprint density at radius 1 is 1.07 bits per heavy atom. The van der Waals surface area contributed by atoms with Crippen LogP contribution in [0, 0.1) is 5.82 Å². The number of nitrogens with zero attached hydrogens (tertiary/aromatic N) is 1. The van der Waals surface area contributed by atoms with Gasteiger partial charge in [-0.3, -0.25) is 4.99 Å². The van der Waals surface area contributed by atoms with Gasteiger partial charge in [-0.1, -0.05) is 42.5 Å². The summed E-state index contributed by atoms with van der Waals surface area (Å²) in [6.07, 6.45) is -0.205. The predicted molar refractivity (Wildman–Crippen MR) is 122 cm³/mol. The third-order valence-electron chi connectivity index (χ3n) is 4.18. The first kappa shape index (κ1) is 24.3. The van der Waals surface area contributed by atoms with E-state index in [1.807, 2.05) is 37.3 Å². The molecule has 0 bridgehead atoms. The van der Waals surface area contributed by atoms with Gasteiger partial charge < -0.3 is 20.5 Å². The first-order valence-electron chi connectivity index (χ1n) is 9.17. The Bertz CT molecular complexity index is 699. The third kappa shape index (κ3) is 8.12. The van der Waals surface area contributed by atoms with Crippen molar-refractivity contribution in [3.63, 3.8) is 0 Å². The number of nitrogens with one attached hydrogen (secondary N) is 2. The standard InChI is InChI=1S/C21H28FN3O2.HI/c1-3-23-21(24-14-13-19(26)16-7-5-4-6-8-16)25-15-20(27-2)17-9-11-18(22)12-10-17;/h4-12,19-20,26H,3,13-15H2,1-2H3,(H2,23,24,25);1H. The molecule has 5 nitrogen and oxygen atoms in total. The topological polar surface area (TPSA) is 65.9 Å².